The molecule has 0 unspecified atom stereocenters. The van der Waals surface area contributed by atoms with Crippen LogP contribution >= 0.6 is 0 Å². The van der Waals surface area contributed by atoms with Crippen LogP contribution in [0.1, 0.15) is 78.2 Å². The lowest BCUT2D eigenvalue weighted by molar-refractivity contribution is -0.106. The third-order valence-electron chi connectivity index (χ3n) is 7.98. The van der Waals surface area contributed by atoms with Crippen molar-refractivity contribution in [2.24, 2.45) is 5.41 Å². The van der Waals surface area contributed by atoms with Crippen molar-refractivity contribution in [3.05, 3.63) is 59.7 Å². The van der Waals surface area contributed by atoms with Crippen molar-refractivity contribution in [1.82, 2.24) is 29.4 Å². The van der Waals surface area contributed by atoms with Gasteiger partial charge in [-0.2, -0.15) is 0 Å². The lowest BCUT2D eigenvalue weighted by Gasteiger charge is -2.41. The molecule has 1 aliphatic heterocycles. The first-order chi connectivity index (χ1) is 20.3. The molecule has 1 saturated heterocycles. The Balaban J connectivity index is 1.27. The van der Waals surface area contributed by atoms with Gasteiger partial charge in [0, 0.05) is 37.4 Å². The number of fused-ring (bicyclic) bond motifs is 1. The Morgan fingerprint density at radius 2 is 1.86 bits per heavy atom. The smallest absolute Gasteiger partial charge is 0.229 e. The Morgan fingerprint density at radius 1 is 1.07 bits per heavy atom. The number of nitrogens with zero attached hydrogens (tertiary/aromatic N) is 6. The molecule has 1 N–H and O–H groups in total. The largest absolute Gasteiger partial charge is 0.373 e. The standard InChI is InChI=1S/C33H43F2N7O/c1-21(2)42-22(3)38-30-25(34)15-24(16-27(30)42)29-26(35)18-37-31(40-29)39-28-10-9-23(17-36-28)19-41-13-14-43-33(7,20-41)12-8-11-32(4,5)6/h9-10,15-18,21H,8,11-14,19-20H2,1-7H3,(H,36,37,39,40)/t33-/m1/s1. The van der Waals surface area contributed by atoms with Gasteiger partial charge in [-0.15, -0.1) is 0 Å². The Hall–Kier alpha value is -3.50. The molecule has 0 saturated carbocycles. The second kappa shape index (κ2) is 12.2. The van der Waals surface area contributed by atoms with E-state index in [4.69, 9.17) is 4.74 Å². The highest BCUT2D eigenvalue weighted by molar-refractivity contribution is 5.83. The number of ether oxygens (including phenoxy) is 1. The van der Waals surface area contributed by atoms with Gasteiger partial charge in [0.05, 0.1) is 23.9 Å². The highest BCUT2D eigenvalue weighted by Crippen LogP contribution is 2.31. The van der Waals surface area contributed by atoms with Gasteiger partial charge >= 0.3 is 0 Å². The molecule has 3 aromatic heterocycles. The van der Waals surface area contributed by atoms with Crippen LogP contribution in [0.2, 0.25) is 0 Å². The normalized spacial score (nSPS) is 18.1. The van der Waals surface area contributed by atoms with E-state index in [9.17, 15) is 4.39 Å². The van der Waals surface area contributed by atoms with Crippen molar-refractivity contribution < 1.29 is 13.5 Å². The summed E-state index contributed by atoms with van der Waals surface area (Å²) >= 11 is 0. The Labute approximate surface area is 252 Å². The number of imidazole rings is 1. The van der Waals surface area contributed by atoms with Crippen molar-refractivity contribution in [3.63, 3.8) is 0 Å². The van der Waals surface area contributed by atoms with E-state index in [0.717, 1.165) is 50.8 Å². The van der Waals surface area contributed by atoms with Gasteiger partial charge < -0.3 is 14.6 Å². The second-order valence-electron chi connectivity index (χ2n) is 13.4. The van der Waals surface area contributed by atoms with Crippen LogP contribution in [0.15, 0.2) is 36.7 Å². The SMILES string of the molecule is Cc1nc2c(F)cc(-c3nc(Nc4ccc(CN5CCO[C@](C)(CCCC(C)(C)C)C5)cn4)ncc3F)cc2n1C(C)C. The molecule has 10 heteroatoms. The minimum Gasteiger partial charge on any atom is -0.373 e. The molecular formula is C33H43F2N7O. The molecule has 1 aromatic carbocycles. The number of pyridine rings is 1. The molecular weight excluding hydrogens is 548 g/mol. The van der Waals surface area contributed by atoms with E-state index < -0.39 is 11.6 Å². The molecule has 0 spiro atoms. The van der Waals surface area contributed by atoms with Crippen molar-refractivity contribution >= 4 is 22.8 Å². The summed E-state index contributed by atoms with van der Waals surface area (Å²) in [6.07, 6.45) is 6.29. The van der Waals surface area contributed by atoms with Gasteiger partial charge in [0.15, 0.2) is 11.6 Å². The number of aromatic nitrogens is 5. The predicted octanol–water partition coefficient (Wildman–Crippen LogP) is 7.61. The van der Waals surface area contributed by atoms with Crippen LogP contribution in [-0.4, -0.2) is 54.7 Å². The van der Waals surface area contributed by atoms with E-state index in [1.807, 2.05) is 43.7 Å². The monoisotopic (exact) mass is 591 g/mol. The van der Waals surface area contributed by atoms with Crippen LogP contribution in [0.4, 0.5) is 20.5 Å². The van der Waals surface area contributed by atoms with E-state index in [-0.39, 0.29) is 28.8 Å². The van der Waals surface area contributed by atoms with Crippen molar-refractivity contribution in [2.45, 2.75) is 85.9 Å². The van der Waals surface area contributed by atoms with Gasteiger partial charge in [0.25, 0.3) is 0 Å². The van der Waals surface area contributed by atoms with Gasteiger partial charge in [-0.3, -0.25) is 4.90 Å². The molecule has 4 aromatic rings. The molecule has 8 nitrogen and oxygen atoms in total. The van der Waals surface area contributed by atoms with Crippen LogP contribution in [0.3, 0.4) is 0 Å². The minimum atomic E-state index is -0.643. The summed E-state index contributed by atoms with van der Waals surface area (Å²) in [5.41, 5.74) is 2.45. The van der Waals surface area contributed by atoms with Crippen LogP contribution in [0.5, 0.6) is 0 Å². The molecule has 1 aliphatic rings. The summed E-state index contributed by atoms with van der Waals surface area (Å²) in [5.74, 6) is 0.233. The average molecular weight is 592 g/mol. The first-order valence-corrected chi connectivity index (χ1v) is 15.1. The number of hydrogen-bond acceptors (Lipinski definition) is 7. The van der Waals surface area contributed by atoms with Crippen LogP contribution in [-0.2, 0) is 11.3 Å². The molecule has 0 aliphatic carbocycles. The van der Waals surface area contributed by atoms with Crippen LogP contribution < -0.4 is 5.32 Å². The van der Waals surface area contributed by atoms with E-state index in [1.165, 1.54) is 12.5 Å². The van der Waals surface area contributed by atoms with Gasteiger partial charge in [-0.25, -0.2) is 28.7 Å². The summed E-state index contributed by atoms with van der Waals surface area (Å²) in [7, 11) is 0. The minimum absolute atomic E-state index is 0.00180. The zero-order chi connectivity index (χ0) is 30.9. The zero-order valence-corrected chi connectivity index (χ0v) is 26.3. The first-order valence-electron chi connectivity index (χ1n) is 15.1. The van der Waals surface area contributed by atoms with E-state index in [2.05, 4.69) is 57.8 Å². The summed E-state index contributed by atoms with van der Waals surface area (Å²) in [4.78, 5) is 19.8. The van der Waals surface area contributed by atoms with Crippen LogP contribution in [0.25, 0.3) is 22.3 Å². The van der Waals surface area contributed by atoms with E-state index in [0.29, 0.717) is 28.1 Å². The number of rotatable bonds is 9. The summed E-state index contributed by atoms with van der Waals surface area (Å²) in [6.45, 7) is 18.1. The molecule has 230 valence electrons. The molecule has 43 heavy (non-hydrogen) atoms. The van der Waals surface area contributed by atoms with Gasteiger partial charge in [0.2, 0.25) is 5.95 Å². The maximum absolute atomic E-state index is 15.0. The van der Waals surface area contributed by atoms with Crippen LogP contribution in [0, 0.1) is 24.0 Å². The van der Waals surface area contributed by atoms with E-state index in [1.54, 1.807) is 6.07 Å². The fourth-order valence-electron chi connectivity index (χ4n) is 5.95. The highest BCUT2D eigenvalue weighted by Gasteiger charge is 2.32. The third-order valence-corrected chi connectivity index (χ3v) is 7.98. The zero-order valence-electron chi connectivity index (χ0n) is 26.3. The lowest BCUT2D eigenvalue weighted by atomic mass is 9.86. The van der Waals surface area contributed by atoms with Crippen molar-refractivity contribution in [3.8, 4) is 11.3 Å². The first kappa shape index (κ1) is 30.9. The molecule has 5 rings (SSSR count). The van der Waals surface area contributed by atoms with Gasteiger partial charge in [-0.05, 0) is 69.7 Å². The maximum Gasteiger partial charge on any atom is 0.229 e. The third kappa shape index (κ3) is 7.36. The van der Waals surface area contributed by atoms with Gasteiger partial charge in [-0.1, -0.05) is 33.3 Å². The molecule has 1 atom stereocenters. The Bertz CT molecular complexity index is 1580. The Kier molecular flexibility index (Phi) is 8.81. The molecule has 4 heterocycles. The predicted molar refractivity (Wildman–Crippen MR) is 166 cm³/mol. The molecule has 0 bridgehead atoms. The summed E-state index contributed by atoms with van der Waals surface area (Å²) in [6, 6.07) is 6.93. The fraction of sp³-hybridized carbons (Fsp3) is 0.515. The number of halogens is 2. The van der Waals surface area contributed by atoms with Crippen molar-refractivity contribution in [1.29, 1.82) is 0 Å². The Morgan fingerprint density at radius 3 is 2.56 bits per heavy atom. The molecule has 0 radical (unpaired) electrons. The van der Waals surface area contributed by atoms with Crippen molar-refractivity contribution in [2.75, 3.05) is 25.0 Å². The lowest BCUT2D eigenvalue weighted by Crippen LogP contribution is -2.49. The second-order valence-corrected chi connectivity index (χ2v) is 13.4. The fourth-order valence-corrected chi connectivity index (χ4v) is 5.95. The topological polar surface area (TPSA) is 81.0 Å². The molecule has 1 fully saturated rings. The quantitative estimate of drug-likeness (QED) is 0.215. The molecule has 0 amide bonds. The van der Waals surface area contributed by atoms with E-state index >= 15 is 4.39 Å². The van der Waals surface area contributed by atoms with Gasteiger partial charge in [0.1, 0.15) is 22.9 Å². The maximum atomic E-state index is 15.0. The summed E-state index contributed by atoms with van der Waals surface area (Å²) < 4.78 is 38.1. The number of aryl methyl sites for hydroxylation is 1. The highest BCUT2D eigenvalue weighted by atomic mass is 19.1. The summed E-state index contributed by atoms with van der Waals surface area (Å²) in [5, 5.41) is 3.06. The number of nitrogens with one attached hydrogen (secondary N) is 1. The average Bonchev–Trinajstić information content (AvgIpc) is 3.26. The number of hydrogen-bond donors (Lipinski definition) is 1. The number of anilines is 2. The number of benzene rings is 1. The number of morpholine rings is 1.